The number of anilines is 1. The molecule has 0 fully saturated rings. The Morgan fingerprint density at radius 2 is 1.82 bits per heavy atom. The van der Waals surface area contributed by atoms with Crippen LogP contribution < -0.4 is 20.8 Å². The van der Waals surface area contributed by atoms with Crippen molar-refractivity contribution >= 4 is 37.7 Å². The summed E-state index contributed by atoms with van der Waals surface area (Å²) >= 11 is 6.98. The zero-order valence-electron chi connectivity index (χ0n) is 15.4. The highest BCUT2D eigenvalue weighted by Crippen LogP contribution is 2.47. The minimum atomic E-state index is -0.668. The number of hydrogen-bond acceptors (Lipinski definition) is 6. The molecule has 0 radical (unpaired) electrons. The van der Waals surface area contributed by atoms with Crippen LogP contribution in [-0.4, -0.2) is 18.2 Å². The van der Waals surface area contributed by atoms with Gasteiger partial charge in [-0.15, -0.1) is 0 Å². The zero-order valence-corrected chi connectivity index (χ0v) is 18.5. The van der Waals surface area contributed by atoms with Gasteiger partial charge in [0.05, 0.1) is 17.7 Å². The van der Waals surface area contributed by atoms with E-state index in [4.69, 9.17) is 15.2 Å². The molecular formula is C19H18Br2N4O3. The molecule has 0 aliphatic heterocycles. The van der Waals surface area contributed by atoms with Crippen LogP contribution in [0.25, 0.3) is 11.1 Å². The lowest BCUT2D eigenvalue weighted by molar-refractivity contribution is 0.271. The van der Waals surface area contributed by atoms with E-state index in [0.717, 1.165) is 12.8 Å². The number of nitrogens with two attached hydrogens (primary N) is 1. The highest BCUT2D eigenvalue weighted by molar-refractivity contribution is 9.13. The number of rotatable bonds is 7. The molecule has 1 aromatic heterocycles. The van der Waals surface area contributed by atoms with Crippen LogP contribution in [0.5, 0.6) is 11.5 Å². The lowest BCUT2D eigenvalue weighted by Crippen LogP contribution is -2.16. The average Bonchev–Trinajstić information content (AvgIpc) is 2.66. The molecule has 9 heteroatoms. The number of benzene rings is 1. The van der Waals surface area contributed by atoms with E-state index in [1.165, 1.54) is 0 Å². The molecule has 0 atom stereocenters. The number of nitrogens with zero attached hydrogens (tertiary/aromatic N) is 2. The predicted molar refractivity (Wildman–Crippen MR) is 113 cm³/mol. The number of hydrogen-bond donors (Lipinski definition) is 2. The van der Waals surface area contributed by atoms with Crippen molar-refractivity contribution in [3.63, 3.8) is 0 Å². The van der Waals surface area contributed by atoms with Crippen LogP contribution in [0.2, 0.25) is 0 Å². The Morgan fingerprint density at radius 3 is 2.39 bits per heavy atom. The van der Waals surface area contributed by atoms with Crippen molar-refractivity contribution < 1.29 is 9.47 Å². The van der Waals surface area contributed by atoms with Crippen LogP contribution >= 0.6 is 31.9 Å². The summed E-state index contributed by atoms with van der Waals surface area (Å²) in [7, 11) is 0. The van der Waals surface area contributed by atoms with Gasteiger partial charge in [-0.2, -0.15) is 10.5 Å². The van der Waals surface area contributed by atoms with Gasteiger partial charge in [0.1, 0.15) is 29.1 Å². The van der Waals surface area contributed by atoms with Crippen LogP contribution in [0.1, 0.15) is 37.8 Å². The summed E-state index contributed by atoms with van der Waals surface area (Å²) in [6.07, 6.45) is 1.85. The second kappa shape index (κ2) is 9.63. The summed E-state index contributed by atoms with van der Waals surface area (Å²) in [5, 5.41) is 19.1. The van der Waals surface area contributed by atoms with Gasteiger partial charge in [0, 0.05) is 15.6 Å². The summed E-state index contributed by atoms with van der Waals surface area (Å²) in [5.41, 5.74) is 5.51. The van der Waals surface area contributed by atoms with Gasteiger partial charge >= 0.3 is 0 Å². The Hall–Kier alpha value is -2.49. The van der Waals surface area contributed by atoms with Crippen molar-refractivity contribution in [2.24, 2.45) is 0 Å². The van der Waals surface area contributed by atoms with Crippen LogP contribution in [0.4, 0.5) is 5.82 Å². The summed E-state index contributed by atoms with van der Waals surface area (Å²) < 4.78 is 12.6. The SMILES string of the molecule is CCCCOc1c(OCC)cc(-c2c(C#N)c(N)[nH]c(=O)c2C#N)c(Br)c1Br. The Balaban J connectivity index is 2.84. The summed E-state index contributed by atoms with van der Waals surface area (Å²) in [6, 6.07) is 5.46. The average molecular weight is 510 g/mol. The first-order chi connectivity index (χ1) is 13.4. The highest BCUT2D eigenvalue weighted by Gasteiger charge is 2.25. The van der Waals surface area contributed by atoms with E-state index in [2.05, 4.69) is 43.8 Å². The first kappa shape index (κ1) is 21.8. The summed E-state index contributed by atoms with van der Waals surface area (Å²) in [4.78, 5) is 14.6. The van der Waals surface area contributed by atoms with Crippen molar-refractivity contribution in [3.05, 3.63) is 36.5 Å². The summed E-state index contributed by atoms with van der Waals surface area (Å²) in [6.45, 7) is 4.78. The molecule has 0 saturated carbocycles. The molecular weight excluding hydrogens is 492 g/mol. The standard InChI is InChI=1S/C19H18Br2N4O3/c1-3-5-6-28-17-13(27-4-2)7-10(15(20)16(17)21)14-11(8-22)18(24)25-19(26)12(14)9-23/h7H,3-6H2,1-2H3,(H3,24,25,26). The number of nitrogen functional groups attached to an aromatic ring is 1. The molecule has 28 heavy (non-hydrogen) atoms. The maximum Gasteiger partial charge on any atom is 0.268 e. The summed E-state index contributed by atoms with van der Waals surface area (Å²) in [5.74, 6) is 0.821. The van der Waals surface area contributed by atoms with E-state index in [-0.39, 0.29) is 22.5 Å². The second-order valence-electron chi connectivity index (χ2n) is 5.73. The molecule has 1 aromatic carbocycles. The quantitative estimate of drug-likeness (QED) is 0.530. The molecule has 146 valence electrons. The van der Waals surface area contributed by atoms with E-state index in [1.54, 1.807) is 6.07 Å². The lowest BCUT2D eigenvalue weighted by Gasteiger charge is -2.18. The lowest BCUT2D eigenvalue weighted by atomic mass is 9.96. The normalized spacial score (nSPS) is 10.2. The van der Waals surface area contributed by atoms with Crippen LogP contribution in [-0.2, 0) is 0 Å². The van der Waals surface area contributed by atoms with Crippen LogP contribution in [0.3, 0.4) is 0 Å². The van der Waals surface area contributed by atoms with Crippen LogP contribution in [0.15, 0.2) is 19.8 Å². The second-order valence-corrected chi connectivity index (χ2v) is 7.32. The molecule has 7 nitrogen and oxygen atoms in total. The zero-order chi connectivity index (χ0) is 20.8. The fourth-order valence-electron chi connectivity index (χ4n) is 2.60. The van der Waals surface area contributed by atoms with E-state index < -0.39 is 5.56 Å². The smallest absolute Gasteiger partial charge is 0.268 e. The molecule has 2 aromatic rings. The molecule has 0 unspecified atom stereocenters. The van der Waals surface area contributed by atoms with Gasteiger partial charge in [-0.3, -0.25) is 4.79 Å². The van der Waals surface area contributed by atoms with E-state index >= 15 is 0 Å². The Bertz CT molecular complexity index is 1040. The number of nitrogens with one attached hydrogen (secondary N) is 1. The van der Waals surface area contributed by atoms with Gasteiger partial charge in [-0.25, -0.2) is 0 Å². The van der Waals surface area contributed by atoms with Gasteiger partial charge in [0.2, 0.25) is 0 Å². The molecule has 0 amide bonds. The van der Waals surface area contributed by atoms with Crippen molar-refractivity contribution in [1.82, 2.24) is 4.98 Å². The van der Waals surface area contributed by atoms with E-state index in [0.29, 0.717) is 39.2 Å². The molecule has 2 rings (SSSR count). The van der Waals surface area contributed by atoms with Gasteiger partial charge in [-0.1, -0.05) is 13.3 Å². The number of ether oxygens (including phenoxy) is 2. The van der Waals surface area contributed by atoms with Crippen molar-refractivity contribution in [2.45, 2.75) is 26.7 Å². The third-order valence-electron chi connectivity index (χ3n) is 3.91. The van der Waals surface area contributed by atoms with Crippen molar-refractivity contribution in [1.29, 1.82) is 10.5 Å². The molecule has 0 saturated heterocycles. The topological polar surface area (TPSA) is 125 Å². The first-order valence-electron chi connectivity index (χ1n) is 8.55. The van der Waals surface area contributed by atoms with Crippen molar-refractivity contribution in [2.75, 3.05) is 18.9 Å². The molecule has 1 heterocycles. The molecule has 3 N–H and O–H groups in total. The number of aromatic nitrogens is 1. The first-order valence-corrected chi connectivity index (χ1v) is 10.1. The predicted octanol–water partition coefficient (Wildman–Crippen LogP) is 4.47. The number of nitriles is 2. The van der Waals surface area contributed by atoms with Crippen molar-refractivity contribution in [3.8, 4) is 34.8 Å². The fraction of sp³-hybridized carbons (Fsp3) is 0.316. The van der Waals surface area contributed by atoms with Gasteiger partial charge in [0.25, 0.3) is 5.56 Å². The number of pyridine rings is 1. The number of aromatic amines is 1. The minimum Gasteiger partial charge on any atom is -0.490 e. The maximum absolute atomic E-state index is 12.2. The molecule has 0 aliphatic rings. The fourth-order valence-corrected chi connectivity index (χ4v) is 3.61. The minimum absolute atomic E-state index is 0.00542. The number of halogens is 2. The van der Waals surface area contributed by atoms with Gasteiger partial charge in [0.15, 0.2) is 11.5 Å². The van der Waals surface area contributed by atoms with Gasteiger partial charge in [-0.05, 0) is 51.3 Å². The maximum atomic E-state index is 12.2. The number of H-pyrrole nitrogens is 1. The Kier molecular flexibility index (Phi) is 7.50. The Labute approximate surface area is 179 Å². The van der Waals surface area contributed by atoms with Crippen LogP contribution in [0, 0.1) is 22.7 Å². The van der Waals surface area contributed by atoms with Gasteiger partial charge < -0.3 is 20.2 Å². The van der Waals surface area contributed by atoms with E-state index in [9.17, 15) is 15.3 Å². The highest BCUT2D eigenvalue weighted by atomic mass is 79.9. The Morgan fingerprint density at radius 1 is 1.14 bits per heavy atom. The third-order valence-corrected chi connectivity index (χ3v) is 6.02. The monoisotopic (exact) mass is 508 g/mol. The molecule has 0 spiro atoms. The largest absolute Gasteiger partial charge is 0.490 e. The third kappa shape index (κ3) is 4.16. The molecule has 0 bridgehead atoms. The number of unbranched alkanes of at least 4 members (excludes halogenated alkanes) is 1. The molecule has 0 aliphatic carbocycles. The van der Waals surface area contributed by atoms with E-state index in [1.807, 2.05) is 19.1 Å².